The maximum Gasteiger partial charge on any atom is 0.0589 e. The first kappa shape index (κ1) is 17.1. The number of nitrogens with zero attached hydrogens (tertiary/aromatic N) is 2. The van der Waals surface area contributed by atoms with Crippen molar-refractivity contribution in [2.75, 3.05) is 30.7 Å². The van der Waals surface area contributed by atoms with Gasteiger partial charge >= 0.3 is 0 Å². The Kier molecular flexibility index (Phi) is 7.93. The summed E-state index contributed by atoms with van der Waals surface area (Å²) in [7, 11) is 2.86. The van der Waals surface area contributed by atoms with Gasteiger partial charge in [-0.05, 0) is 25.2 Å². The fourth-order valence-corrected chi connectivity index (χ4v) is 3.63. The van der Waals surface area contributed by atoms with Crippen LogP contribution >= 0.6 is 32.0 Å². The maximum atomic E-state index is 9.68. The SMILES string of the molecule is CC1CC(C)N(P)CCN(C(CO)C(C)CI)C1. The minimum absolute atomic E-state index is 0.281. The fourth-order valence-electron chi connectivity index (χ4n) is 2.81. The highest BCUT2D eigenvalue weighted by molar-refractivity contribution is 14.1. The van der Waals surface area contributed by atoms with Crippen LogP contribution < -0.4 is 0 Å². The summed E-state index contributed by atoms with van der Waals surface area (Å²) in [5.74, 6) is 1.25. The first-order valence-electron chi connectivity index (χ1n) is 6.91. The number of hydrogen-bond acceptors (Lipinski definition) is 3. The van der Waals surface area contributed by atoms with Crippen LogP contribution in [0.4, 0.5) is 0 Å². The number of aliphatic hydroxyl groups excluding tert-OH is 1. The van der Waals surface area contributed by atoms with Crippen molar-refractivity contribution in [1.29, 1.82) is 0 Å². The van der Waals surface area contributed by atoms with Gasteiger partial charge in [0.05, 0.1) is 6.61 Å². The highest BCUT2D eigenvalue weighted by Crippen LogP contribution is 2.22. The van der Waals surface area contributed by atoms with Gasteiger partial charge in [0.15, 0.2) is 0 Å². The van der Waals surface area contributed by atoms with E-state index in [-0.39, 0.29) is 6.61 Å². The van der Waals surface area contributed by atoms with Gasteiger partial charge in [0, 0.05) is 36.1 Å². The van der Waals surface area contributed by atoms with E-state index >= 15 is 0 Å². The molecule has 1 fully saturated rings. The molecule has 0 aliphatic carbocycles. The van der Waals surface area contributed by atoms with E-state index < -0.39 is 0 Å². The fraction of sp³-hybridized carbons (Fsp3) is 1.00. The third-order valence-electron chi connectivity index (χ3n) is 4.06. The van der Waals surface area contributed by atoms with E-state index in [2.05, 4.69) is 62.3 Å². The van der Waals surface area contributed by atoms with Gasteiger partial charge in [0.1, 0.15) is 0 Å². The highest BCUT2D eigenvalue weighted by atomic mass is 127. The predicted molar refractivity (Wildman–Crippen MR) is 90.2 cm³/mol. The Morgan fingerprint density at radius 3 is 2.61 bits per heavy atom. The molecule has 5 unspecified atom stereocenters. The Morgan fingerprint density at radius 2 is 2.06 bits per heavy atom. The summed E-state index contributed by atoms with van der Waals surface area (Å²) in [6.45, 7) is 10.4. The van der Waals surface area contributed by atoms with Crippen LogP contribution in [0, 0.1) is 11.8 Å². The zero-order valence-corrected chi connectivity index (χ0v) is 15.2. The molecule has 1 N–H and O–H groups in total. The Hall–Kier alpha value is 1.04. The van der Waals surface area contributed by atoms with Crippen molar-refractivity contribution >= 4 is 32.0 Å². The molecule has 1 aliphatic heterocycles. The van der Waals surface area contributed by atoms with Crippen LogP contribution in [0.15, 0.2) is 0 Å². The van der Waals surface area contributed by atoms with Crippen molar-refractivity contribution in [2.45, 2.75) is 39.3 Å². The zero-order chi connectivity index (χ0) is 13.7. The molecule has 1 heterocycles. The van der Waals surface area contributed by atoms with E-state index in [1.807, 2.05) is 0 Å². The zero-order valence-electron chi connectivity index (χ0n) is 11.8. The van der Waals surface area contributed by atoms with Crippen molar-refractivity contribution < 1.29 is 5.11 Å². The summed E-state index contributed by atoms with van der Waals surface area (Å²) in [6, 6.07) is 0.956. The summed E-state index contributed by atoms with van der Waals surface area (Å²) in [5, 5.41) is 9.68. The average Bonchev–Trinajstić information content (AvgIpc) is 2.34. The van der Waals surface area contributed by atoms with E-state index in [9.17, 15) is 5.11 Å². The Balaban J connectivity index is 2.68. The molecular weight excluding hydrogens is 358 g/mol. The third-order valence-corrected chi connectivity index (χ3v) is 6.21. The van der Waals surface area contributed by atoms with Crippen molar-refractivity contribution in [1.82, 2.24) is 9.57 Å². The summed E-state index contributed by atoms with van der Waals surface area (Å²) in [4.78, 5) is 2.50. The Labute approximate surface area is 128 Å². The minimum Gasteiger partial charge on any atom is -0.395 e. The van der Waals surface area contributed by atoms with Crippen LogP contribution in [0.5, 0.6) is 0 Å². The molecule has 0 bridgehead atoms. The van der Waals surface area contributed by atoms with E-state index in [0.717, 1.165) is 24.1 Å². The first-order chi connectivity index (χ1) is 8.49. The number of hydrogen-bond donors (Lipinski definition) is 1. The molecule has 0 spiro atoms. The molecule has 0 amide bonds. The molecule has 18 heavy (non-hydrogen) atoms. The topological polar surface area (TPSA) is 26.7 Å². The van der Waals surface area contributed by atoms with Gasteiger partial charge in [-0.1, -0.05) is 45.8 Å². The molecule has 0 aromatic rings. The second-order valence-electron chi connectivity index (χ2n) is 5.80. The molecule has 0 aromatic carbocycles. The summed E-state index contributed by atoms with van der Waals surface area (Å²) in [6.07, 6.45) is 1.23. The minimum atomic E-state index is 0.281. The number of aliphatic hydroxyl groups is 1. The smallest absolute Gasteiger partial charge is 0.0589 e. The molecule has 108 valence electrons. The molecule has 0 radical (unpaired) electrons. The standard InChI is InChI=1S/C13H28IN2OP/c1-10-6-12(3)16(18)5-4-15(8-10)13(9-17)11(2)7-14/h10-13,17H,4-9,18H2,1-3H3. The molecule has 3 nitrogen and oxygen atoms in total. The first-order valence-corrected chi connectivity index (χ1v) is 8.96. The predicted octanol–water partition coefficient (Wildman–Crippen LogP) is 2.24. The van der Waals surface area contributed by atoms with E-state index in [1.165, 1.54) is 6.42 Å². The van der Waals surface area contributed by atoms with Gasteiger partial charge in [-0.2, -0.15) is 0 Å². The van der Waals surface area contributed by atoms with Crippen molar-refractivity contribution in [3.63, 3.8) is 0 Å². The lowest BCUT2D eigenvalue weighted by Crippen LogP contribution is -2.50. The highest BCUT2D eigenvalue weighted by Gasteiger charge is 2.27. The lowest BCUT2D eigenvalue weighted by atomic mass is 9.97. The van der Waals surface area contributed by atoms with Crippen LogP contribution in [0.25, 0.3) is 0 Å². The normalized spacial score (nSPS) is 31.7. The van der Waals surface area contributed by atoms with Crippen LogP contribution in [0.2, 0.25) is 0 Å². The molecule has 5 atom stereocenters. The summed E-state index contributed by atoms with van der Waals surface area (Å²) < 4.78 is 3.47. The van der Waals surface area contributed by atoms with Crippen molar-refractivity contribution in [3.8, 4) is 0 Å². The number of rotatable bonds is 4. The van der Waals surface area contributed by atoms with Crippen LogP contribution in [0.3, 0.4) is 0 Å². The molecular formula is C13H28IN2OP. The molecule has 5 heteroatoms. The lowest BCUT2D eigenvalue weighted by Gasteiger charge is -2.40. The number of alkyl halides is 1. The van der Waals surface area contributed by atoms with E-state index in [4.69, 9.17) is 0 Å². The van der Waals surface area contributed by atoms with E-state index in [0.29, 0.717) is 23.9 Å². The molecule has 0 aromatic heterocycles. The van der Waals surface area contributed by atoms with Crippen LogP contribution in [0.1, 0.15) is 27.2 Å². The second-order valence-corrected chi connectivity index (χ2v) is 7.35. The maximum absolute atomic E-state index is 9.68. The number of halogens is 1. The second kappa shape index (κ2) is 8.35. The van der Waals surface area contributed by atoms with E-state index in [1.54, 1.807) is 0 Å². The lowest BCUT2D eigenvalue weighted by molar-refractivity contribution is 0.0617. The third kappa shape index (κ3) is 4.86. The average molecular weight is 386 g/mol. The van der Waals surface area contributed by atoms with Gasteiger partial charge in [-0.3, -0.25) is 9.57 Å². The monoisotopic (exact) mass is 386 g/mol. The molecule has 1 rings (SSSR count). The van der Waals surface area contributed by atoms with Crippen LogP contribution in [-0.2, 0) is 0 Å². The molecule has 0 saturated carbocycles. The van der Waals surface area contributed by atoms with Gasteiger partial charge < -0.3 is 5.11 Å². The quantitative estimate of drug-likeness (QED) is 0.456. The van der Waals surface area contributed by atoms with Crippen LogP contribution in [-0.4, -0.2) is 57.4 Å². The van der Waals surface area contributed by atoms with Crippen molar-refractivity contribution in [3.05, 3.63) is 0 Å². The Morgan fingerprint density at radius 1 is 1.39 bits per heavy atom. The van der Waals surface area contributed by atoms with Gasteiger partial charge in [0.25, 0.3) is 0 Å². The van der Waals surface area contributed by atoms with Crippen molar-refractivity contribution in [2.24, 2.45) is 11.8 Å². The summed E-state index contributed by atoms with van der Waals surface area (Å²) in [5.41, 5.74) is 0. The van der Waals surface area contributed by atoms with Gasteiger partial charge in [0.2, 0.25) is 0 Å². The molecule has 1 aliphatic rings. The molecule has 1 saturated heterocycles. The van der Waals surface area contributed by atoms with Gasteiger partial charge in [-0.15, -0.1) is 0 Å². The Bertz CT molecular complexity index is 245. The summed E-state index contributed by atoms with van der Waals surface area (Å²) >= 11 is 2.43. The van der Waals surface area contributed by atoms with Gasteiger partial charge in [-0.25, -0.2) is 0 Å². The largest absolute Gasteiger partial charge is 0.395 e.